The van der Waals surface area contributed by atoms with Crippen molar-refractivity contribution in [3.63, 3.8) is 0 Å². The molecule has 1 N–H and O–H groups in total. The standard InChI is InChI=1S/C34H36N2.C13H12.C7H8.2C2H6/c1-22-9-15-30-32-20-26(14-16-33(32)36(34(30)18-22)27-6-5-17-35-21-27)25-11-10-23(2)31(19-25)29-8-4-3-7-28(29)24-12-13-24;1-11-6-5-9-13(10-11)12-7-3-2-4-8-12;1-7-5-3-2-4-6-7;2*1-2/h3-8,17-20,24,35H,9-16,21H2,1-2H3;2-10H,1H3;2-6H,1H3;2*1-2H3. The van der Waals surface area contributed by atoms with E-state index >= 15 is 0 Å². The number of nitrogens with one attached hydrogen (secondary N) is 1. The van der Waals surface area contributed by atoms with Crippen LogP contribution in [0.1, 0.15) is 131 Å². The van der Waals surface area contributed by atoms with E-state index in [4.69, 9.17) is 0 Å². The molecule has 0 spiro atoms. The monoisotopic (exact) mass is 793 g/mol. The first-order chi connectivity index (χ1) is 29.4. The van der Waals surface area contributed by atoms with E-state index < -0.39 is 0 Å². The third-order valence-corrected chi connectivity index (χ3v) is 11.9. The van der Waals surface area contributed by atoms with Crippen molar-refractivity contribution in [1.82, 2.24) is 9.88 Å². The van der Waals surface area contributed by atoms with Gasteiger partial charge < -0.3 is 9.88 Å². The summed E-state index contributed by atoms with van der Waals surface area (Å²) in [6, 6.07) is 38.4. The van der Waals surface area contributed by atoms with Gasteiger partial charge in [-0.3, -0.25) is 0 Å². The Morgan fingerprint density at radius 2 is 1.23 bits per heavy atom. The number of rotatable bonds is 5. The van der Waals surface area contributed by atoms with Gasteiger partial charge in [0.15, 0.2) is 0 Å². The molecule has 0 saturated heterocycles. The van der Waals surface area contributed by atoms with Gasteiger partial charge in [-0.05, 0) is 166 Å². The van der Waals surface area contributed by atoms with Gasteiger partial charge in [-0.2, -0.15) is 0 Å². The van der Waals surface area contributed by atoms with E-state index in [0.717, 1.165) is 31.7 Å². The summed E-state index contributed by atoms with van der Waals surface area (Å²) < 4.78 is 2.58. The molecule has 4 aromatic carbocycles. The number of hydrogen-bond donors (Lipinski definition) is 1. The first-order valence-electron chi connectivity index (χ1n) is 22.8. The Hall–Kier alpha value is -5.60. The van der Waals surface area contributed by atoms with Crippen LogP contribution in [0.5, 0.6) is 0 Å². The first-order valence-corrected chi connectivity index (χ1v) is 22.8. The number of aromatic nitrogens is 1. The zero-order valence-corrected chi connectivity index (χ0v) is 37.7. The van der Waals surface area contributed by atoms with Crippen molar-refractivity contribution >= 4 is 23.4 Å². The van der Waals surface area contributed by atoms with Gasteiger partial charge in [-0.1, -0.05) is 165 Å². The van der Waals surface area contributed by atoms with E-state index in [1.54, 1.807) is 27.8 Å². The third-order valence-electron chi connectivity index (χ3n) is 11.9. The predicted octanol–water partition coefficient (Wildman–Crippen LogP) is 15.9. The Bertz CT molecular complexity index is 2390. The molecule has 2 heteroatoms. The fraction of sp³-hybridized carbons (Fsp3) is 0.310. The number of hydrogen-bond acceptors (Lipinski definition) is 1. The van der Waals surface area contributed by atoms with Gasteiger partial charge >= 0.3 is 0 Å². The molecule has 4 aliphatic carbocycles. The van der Waals surface area contributed by atoms with Gasteiger partial charge in [0.25, 0.3) is 0 Å². The molecule has 1 fully saturated rings. The summed E-state index contributed by atoms with van der Waals surface area (Å²) in [4.78, 5) is 0. The number of nitrogens with zero attached hydrogens (tertiary/aromatic N) is 1. The third kappa shape index (κ3) is 10.8. The highest BCUT2D eigenvalue weighted by atomic mass is 15.1. The molecule has 5 aliphatic rings. The van der Waals surface area contributed by atoms with Crippen molar-refractivity contribution in [2.45, 2.75) is 113 Å². The Morgan fingerprint density at radius 3 is 1.90 bits per heavy atom. The molecule has 0 unspecified atom stereocenters. The summed E-state index contributed by atoms with van der Waals surface area (Å²) in [5, 5.41) is 3.43. The number of aryl methyl sites for hydroxylation is 2. The molecule has 0 amide bonds. The van der Waals surface area contributed by atoms with Crippen molar-refractivity contribution < 1.29 is 0 Å². The number of fused-ring (bicyclic) bond motifs is 3. The summed E-state index contributed by atoms with van der Waals surface area (Å²) >= 11 is 0. The fourth-order valence-electron chi connectivity index (χ4n) is 8.73. The molecule has 0 atom stereocenters. The molecule has 2 nitrogen and oxygen atoms in total. The molecule has 310 valence electrons. The zero-order chi connectivity index (χ0) is 42.4. The highest BCUT2D eigenvalue weighted by Crippen LogP contribution is 2.46. The largest absolute Gasteiger partial charge is 0.385 e. The van der Waals surface area contributed by atoms with E-state index in [-0.39, 0.29) is 0 Å². The topological polar surface area (TPSA) is 17.0 Å². The minimum Gasteiger partial charge on any atom is -0.385 e. The van der Waals surface area contributed by atoms with Crippen molar-refractivity contribution in [2.75, 3.05) is 6.54 Å². The predicted molar refractivity (Wildman–Crippen MR) is 263 cm³/mol. The lowest BCUT2D eigenvalue weighted by Crippen LogP contribution is -2.19. The molecule has 0 radical (unpaired) electrons. The smallest absolute Gasteiger partial charge is 0.0551 e. The molecule has 0 bridgehead atoms. The second kappa shape index (κ2) is 21.6. The van der Waals surface area contributed by atoms with Crippen LogP contribution in [0.2, 0.25) is 0 Å². The van der Waals surface area contributed by atoms with Crippen LogP contribution in [-0.2, 0) is 12.8 Å². The number of dihydropyridines is 1. The Balaban J connectivity index is 0.000000206. The number of allylic oxidation sites excluding steroid dienone is 8. The highest BCUT2D eigenvalue weighted by molar-refractivity contribution is 5.83. The first kappa shape index (κ1) is 44.0. The van der Waals surface area contributed by atoms with Crippen LogP contribution in [0, 0.1) is 13.8 Å². The number of benzene rings is 4. The van der Waals surface area contributed by atoms with Gasteiger partial charge in [-0.15, -0.1) is 0 Å². The molecule has 60 heavy (non-hydrogen) atoms. The SMILES string of the molecule is CC.CC.CC1=Cc2c(c3c(n2C2=CC=CNC2)CCC(C2=CC(c4ccccc4C4CC4)=C(C)CC2)=C3)CC1.Cc1cccc(-c2ccccc2)c1.Cc1ccccc1. The Morgan fingerprint density at radius 1 is 0.583 bits per heavy atom. The van der Waals surface area contributed by atoms with E-state index in [0.29, 0.717) is 0 Å². The molecule has 10 rings (SSSR count). The maximum atomic E-state index is 3.43. The Labute approximate surface area is 362 Å². The van der Waals surface area contributed by atoms with Crippen LogP contribution in [0.15, 0.2) is 156 Å². The summed E-state index contributed by atoms with van der Waals surface area (Å²) in [7, 11) is 0. The maximum absolute atomic E-state index is 3.43. The molecule has 2 heterocycles. The van der Waals surface area contributed by atoms with E-state index in [2.05, 4.69) is 159 Å². The quantitative estimate of drug-likeness (QED) is 0.188. The van der Waals surface area contributed by atoms with Gasteiger partial charge in [0.05, 0.1) is 6.54 Å². The van der Waals surface area contributed by atoms with Crippen LogP contribution in [0.25, 0.3) is 34.5 Å². The minimum absolute atomic E-state index is 0.776. The van der Waals surface area contributed by atoms with E-state index in [1.807, 2.05) is 52.0 Å². The minimum atomic E-state index is 0.776. The van der Waals surface area contributed by atoms with Crippen LogP contribution in [0.3, 0.4) is 0 Å². The van der Waals surface area contributed by atoms with Gasteiger partial charge in [0, 0.05) is 17.1 Å². The lowest BCUT2D eigenvalue weighted by molar-refractivity contribution is 0.809. The van der Waals surface area contributed by atoms with Crippen LogP contribution in [0.4, 0.5) is 0 Å². The summed E-state index contributed by atoms with van der Waals surface area (Å²) in [6.45, 7) is 17.7. The highest BCUT2D eigenvalue weighted by Gasteiger charge is 2.30. The lowest BCUT2D eigenvalue weighted by atomic mass is 9.81. The maximum Gasteiger partial charge on any atom is 0.0551 e. The summed E-state index contributed by atoms with van der Waals surface area (Å²) in [5.41, 5.74) is 23.3. The molecule has 1 aliphatic heterocycles. The van der Waals surface area contributed by atoms with Crippen LogP contribution < -0.4 is 5.32 Å². The van der Waals surface area contributed by atoms with Crippen molar-refractivity contribution in [2.24, 2.45) is 0 Å². The van der Waals surface area contributed by atoms with Crippen molar-refractivity contribution in [1.29, 1.82) is 0 Å². The Kier molecular flexibility index (Phi) is 15.8. The second-order valence-electron chi connectivity index (χ2n) is 16.2. The summed E-state index contributed by atoms with van der Waals surface area (Å²) in [5.74, 6) is 0.776. The van der Waals surface area contributed by atoms with E-state index in [9.17, 15) is 0 Å². The average Bonchev–Trinajstić information content (AvgIpc) is 4.11. The molecule has 1 saturated carbocycles. The molecular weight excluding hydrogens is 725 g/mol. The van der Waals surface area contributed by atoms with Crippen LogP contribution in [-0.4, -0.2) is 11.1 Å². The van der Waals surface area contributed by atoms with Gasteiger partial charge in [-0.25, -0.2) is 0 Å². The van der Waals surface area contributed by atoms with Crippen molar-refractivity contribution in [3.05, 3.63) is 201 Å². The normalized spacial score (nSPS) is 16.1. The van der Waals surface area contributed by atoms with Crippen molar-refractivity contribution in [3.8, 4) is 11.1 Å². The van der Waals surface area contributed by atoms with E-state index in [1.165, 1.54) is 93.7 Å². The second-order valence-corrected chi connectivity index (χ2v) is 16.2. The zero-order valence-electron chi connectivity index (χ0n) is 37.7. The van der Waals surface area contributed by atoms with Gasteiger partial charge in [0.1, 0.15) is 0 Å². The fourth-order valence-corrected chi connectivity index (χ4v) is 8.73. The molecule has 5 aromatic rings. The molecular formula is C58H68N2. The van der Waals surface area contributed by atoms with Crippen LogP contribution >= 0.6 is 0 Å². The molecule has 1 aromatic heterocycles. The summed E-state index contributed by atoms with van der Waals surface area (Å²) in [6.07, 6.45) is 23.7. The van der Waals surface area contributed by atoms with Gasteiger partial charge in [0.2, 0.25) is 0 Å². The lowest BCUT2D eigenvalue weighted by Gasteiger charge is -2.25. The average molecular weight is 793 g/mol.